The molecule has 340 valence electrons. The first-order chi connectivity index (χ1) is 32.2. The highest BCUT2D eigenvalue weighted by Crippen LogP contribution is 2.47. The number of aryl methyl sites for hydroxylation is 4. The van der Waals surface area contributed by atoms with Crippen LogP contribution in [0.15, 0.2) is 97.1 Å². The Morgan fingerprint density at radius 2 is 0.864 bits per heavy atom. The third kappa shape index (κ3) is 10.2. The molecule has 0 bridgehead atoms. The number of rotatable bonds is 16. The number of hydrogen-bond acceptors (Lipinski definition) is 10. The lowest BCUT2D eigenvalue weighted by Gasteiger charge is -2.27. The van der Waals surface area contributed by atoms with Crippen LogP contribution in [0.25, 0.3) is 44.3 Å². The van der Waals surface area contributed by atoms with Crippen LogP contribution in [0.3, 0.4) is 0 Å². The van der Waals surface area contributed by atoms with E-state index in [2.05, 4.69) is 74.5 Å². The number of carbonyl (C=O) groups is 4. The lowest BCUT2D eigenvalue weighted by atomic mass is 9.87. The van der Waals surface area contributed by atoms with E-state index < -0.39 is 0 Å². The highest BCUT2D eigenvalue weighted by atomic mass is 16.6. The van der Waals surface area contributed by atoms with Gasteiger partial charge in [-0.3, -0.25) is 19.2 Å². The van der Waals surface area contributed by atoms with Gasteiger partial charge in [-0.15, -0.1) is 0 Å². The van der Waals surface area contributed by atoms with Crippen molar-refractivity contribution in [3.05, 3.63) is 119 Å². The van der Waals surface area contributed by atoms with Crippen LogP contribution in [0.4, 0.5) is 0 Å². The zero-order chi connectivity index (χ0) is 45.6. The molecule has 0 atom stereocenters. The topological polar surface area (TPSA) is 131 Å². The maximum absolute atomic E-state index is 13.8. The molecule has 9 rings (SSSR count). The molecule has 2 fully saturated rings. The van der Waals surface area contributed by atoms with Gasteiger partial charge in [0.15, 0.2) is 11.5 Å². The van der Waals surface area contributed by atoms with Gasteiger partial charge in [0, 0.05) is 29.4 Å². The van der Waals surface area contributed by atoms with E-state index in [4.69, 9.17) is 28.9 Å². The lowest BCUT2D eigenvalue weighted by Crippen LogP contribution is -2.30. The minimum absolute atomic E-state index is 0.223. The molecule has 0 radical (unpaired) electrons. The minimum Gasteiger partial charge on any atom is -0.462 e. The lowest BCUT2D eigenvalue weighted by molar-refractivity contribution is -0.153. The molecule has 6 aromatic rings. The fourth-order valence-electron chi connectivity index (χ4n) is 9.89. The Hall–Kier alpha value is -6.42. The Balaban J connectivity index is 0.840. The van der Waals surface area contributed by atoms with Crippen LogP contribution in [0, 0.1) is 11.8 Å². The number of ether oxygens (including phenoxy) is 4. The van der Waals surface area contributed by atoms with E-state index in [0.717, 1.165) is 58.7 Å². The second kappa shape index (κ2) is 20.4. The van der Waals surface area contributed by atoms with Gasteiger partial charge in [-0.05, 0) is 117 Å². The number of nitrogens with zero attached hydrogens (tertiary/aromatic N) is 2. The molecule has 10 heteroatoms. The van der Waals surface area contributed by atoms with Gasteiger partial charge >= 0.3 is 23.9 Å². The fraction of sp³-hybridized carbons (Fsp3) is 0.393. The first-order valence-corrected chi connectivity index (χ1v) is 24.1. The van der Waals surface area contributed by atoms with E-state index in [-0.39, 0.29) is 59.4 Å². The predicted octanol–water partition coefficient (Wildman–Crippen LogP) is 11.6. The molecule has 0 amide bonds. The van der Waals surface area contributed by atoms with Gasteiger partial charge < -0.3 is 18.9 Å². The van der Waals surface area contributed by atoms with Crippen molar-refractivity contribution in [2.24, 2.45) is 11.8 Å². The Morgan fingerprint density at radius 1 is 0.485 bits per heavy atom. The van der Waals surface area contributed by atoms with Crippen molar-refractivity contribution in [2.45, 2.75) is 129 Å². The molecule has 0 spiro atoms. The Morgan fingerprint density at radius 3 is 1.24 bits per heavy atom. The van der Waals surface area contributed by atoms with Gasteiger partial charge in [-0.25, -0.2) is 9.97 Å². The van der Waals surface area contributed by atoms with E-state index in [0.29, 0.717) is 99.5 Å². The smallest absolute Gasteiger partial charge is 0.314 e. The molecule has 1 heterocycles. The monoisotopic (exact) mass is 886 g/mol. The Kier molecular flexibility index (Phi) is 13.8. The molecule has 3 aliphatic rings. The summed E-state index contributed by atoms with van der Waals surface area (Å²) in [6.07, 6.45) is 10.1. The van der Waals surface area contributed by atoms with Gasteiger partial charge in [-0.1, -0.05) is 112 Å². The van der Waals surface area contributed by atoms with Crippen LogP contribution in [0.1, 0.15) is 113 Å². The predicted molar refractivity (Wildman–Crippen MR) is 254 cm³/mol. The molecular formula is C56H58N2O8. The zero-order valence-corrected chi connectivity index (χ0v) is 38.0. The van der Waals surface area contributed by atoms with Gasteiger partial charge in [-0.2, -0.15) is 0 Å². The minimum atomic E-state index is -0.386. The van der Waals surface area contributed by atoms with Gasteiger partial charge in [0.2, 0.25) is 0 Å². The fourth-order valence-corrected chi connectivity index (χ4v) is 9.89. The number of esters is 4. The third-order valence-corrected chi connectivity index (χ3v) is 13.6. The quantitative estimate of drug-likeness (QED) is 0.0682. The third-order valence-electron chi connectivity index (χ3n) is 13.6. The number of carbonyl (C=O) groups excluding carboxylic acids is 4. The zero-order valence-electron chi connectivity index (χ0n) is 38.0. The summed E-state index contributed by atoms with van der Waals surface area (Å²) in [6.45, 7) is 4.32. The summed E-state index contributed by atoms with van der Waals surface area (Å²) in [5, 5.41) is 2.10. The van der Waals surface area contributed by atoms with Crippen LogP contribution < -0.4 is 9.47 Å². The van der Waals surface area contributed by atoms with E-state index >= 15 is 0 Å². The van der Waals surface area contributed by atoms with E-state index in [1.165, 1.54) is 11.1 Å². The highest BCUT2D eigenvalue weighted by Gasteiger charge is 2.33. The van der Waals surface area contributed by atoms with E-state index in [1.807, 2.05) is 24.3 Å². The number of benzene rings is 5. The summed E-state index contributed by atoms with van der Waals surface area (Å²) in [5.41, 5.74) is 8.69. The molecule has 3 aliphatic carbocycles. The normalized spacial score (nSPS) is 18.7. The van der Waals surface area contributed by atoms with Crippen molar-refractivity contribution in [2.75, 3.05) is 0 Å². The number of fused-ring (bicyclic) bond motifs is 4. The maximum atomic E-state index is 13.8. The molecule has 10 nitrogen and oxygen atoms in total. The summed E-state index contributed by atoms with van der Waals surface area (Å²) in [4.78, 5) is 63.5. The Bertz CT molecular complexity index is 2550. The second-order valence-electron chi connectivity index (χ2n) is 18.3. The standard InChI is InChI=1S/C56H58N2O8/c1-3-7-35-13-17-37(18-14-35)21-33-48(59)63-42-27-23-40(24-28-42)55(61)65-46-31-32-47(54-53(46)57-51-44-11-5-9-39-10-6-12-45(50(39)44)52(51)58-54)66-56(62)41-25-29-43(30-26-41)64-49(60)34-22-38-19-15-36(8-4-2)16-20-38/h5-6,9-20,31-32,40-43H,3-4,7-8,21-30,33-34H2,1-2H3. The maximum Gasteiger partial charge on any atom is 0.314 e. The van der Waals surface area contributed by atoms with Crippen LogP contribution in [0.5, 0.6) is 11.5 Å². The average molecular weight is 887 g/mol. The largest absolute Gasteiger partial charge is 0.462 e. The van der Waals surface area contributed by atoms with Gasteiger partial charge in [0.25, 0.3) is 0 Å². The first kappa shape index (κ1) is 44.8. The highest BCUT2D eigenvalue weighted by molar-refractivity contribution is 6.14. The summed E-state index contributed by atoms with van der Waals surface area (Å²) >= 11 is 0. The Labute approximate surface area is 386 Å². The molecular weight excluding hydrogens is 829 g/mol. The molecule has 0 saturated heterocycles. The van der Waals surface area contributed by atoms with Crippen molar-refractivity contribution in [1.29, 1.82) is 0 Å². The van der Waals surface area contributed by atoms with Crippen LogP contribution in [-0.4, -0.2) is 46.1 Å². The van der Waals surface area contributed by atoms with Crippen LogP contribution in [-0.2, 0) is 54.3 Å². The van der Waals surface area contributed by atoms with Crippen molar-refractivity contribution in [3.8, 4) is 34.0 Å². The molecule has 5 aromatic carbocycles. The summed E-state index contributed by atoms with van der Waals surface area (Å²) in [6, 6.07) is 32.2. The molecule has 0 N–H and O–H groups in total. The summed E-state index contributed by atoms with van der Waals surface area (Å²) < 4.78 is 24.0. The van der Waals surface area contributed by atoms with E-state index in [9.17, 15) is 19.2 Å². The number of hydrogen-bond donors (Lipinski definition) is 0. The molecule has 2 saturated carbocycles. The van der Waals surface area contributed by atoms with E-state index in [1.54, 1.807) is 12.1 Å². The molecule has 0 unspecified atom stereocenters. The average Bonchev–Trinajstić information content (AvgIpc) is 3.65. The second-order valence-corrected chi connectivity index (χ2v) is 18.3. The van der Waals surface area contributed by atoms with Crippen LogP contribution >= 0.6 is 0 Å². The molecule has 1 aromatic heterocycles. The summed E-state index contributed by atoms with van der Waals surface area (Å²) in [7, 11) is 0. The first-order valence-electron chi connectivity index (χ1n) is 24.1. The van der Waals surface area contributed by atoms with Gasteiger partial charge in [0.05, 0.1) is 23.2 Å². The van der Waals surface area contributed by atoms with Crippen LogP contribution in [0.2, 0.25) is 0 Å². The summed E-state index contributed by atoms with van der Waals surface area (Å²) in [5.74, 6) is -1.51. The number of aromatic nitrogens is 2. The van der Waals surface area contributed by atoms with Crippen molar-refractivity contribution >= 4 is 45.7 Å². The van der Waals surface area contributed by atoms with Crippen molar-refractivity contribution in [3.63, 3.8) is 0 Å². The van der Waals surface area contributed by atoms with Gasteiger partial charge in [0.1, 0.15) is 23.2 Å². The molecule has 66 heavy (non-hydrogen) atoms. The molecule has 0 aliphatic heterocycles. The SMILES string of the molecule is CCCc1ccc(CCC(=O)OC2CCC(C(=O)Oc3ccc(OC(=O)C4CCC(OC(=O)CCc5ccc(CCC)cc5)CC4)c4nc5c(nc34)-c3cccc4cccc-5c34)CC2)cc1. The van der Waals surface area contributed by atoms with Crippen molar-refractivity contribution < 1.29 is 38.1 Å². The van der Waals surface area contributed by atoms with Crippen molar-refractivity contribution in [1.82, 2.24) is 9.97 Å².